The van der Waals surface area contributed by atoms with Crippen LogP contribution in [-0.4, -0.2) is 16.2 Å². The topological polar surface area (TPSA) is 63.3 Å². The molecule has 1 aromatic rings. The van der Waals surface area contributed by atoms with Crippen molar-refractivity contribution in [3.63, 3.8) is 0 Å². The molecule has 0 bridgehead atoms. The van der Waals surface area contributed by atoms with Gasteiger partial charge in [-0.25, -0.2) is 4.79 Å². The molecule has 0 aliphatic rings. The molecule has 0 saturated carbocycles. The molecule has 4 nitrogen and oxygen atoms in total. The molecule has 0 spiro atoms. The zero-order valence-electron chi connectivity index (χ0n) is 7.05. The van der Waals surface area contributed by atoms with Gasteiger partial charge in [0.15, 0.2) is 5.69 Å². The van der Waals surface area contributed by atoms with E-state index in [0.29, 0.717) is 0 Å². The highest BCUT2D eigenvalue weighted by Crippen LogP contribution is 2.33. The van der Waals surface area contributed by atoms with E-state index in [1.165, 1.54) is 6.92 Å². The summed E-state index contributed by atoms with van der Waals surface area (Å²) >= 11 is 0. The van der Waals surface area contributed by atoms with Crippen molar-refractivity contribution in [2.75, 3.05) is 0 Å². The van der Waals surface area contributed by atoms with Crippen LogP contribution >= 0.6 is 0 Å². The third-order valence-electron chi connectivity index (χ3n) is 1.60. The Bertz CT molecular complexity index is 356. The highest BCUT2D eigenvalue weighted by Gasteiger charge is 2.40. The molecule has 14 heavy (non-hydrogen) atoms. The molecular weight excluding hydrogens is 203 g/mol. The lowest BCUT2D eigenvalue weighted by molar-refractivity contribution is -0.156. The minimum absolute atomic E-state index is 0.0972. The van der Waals surface area contributed by atoms with Crippen molar-refractivity contribution < 1.29 is 27.6 Å². The summed E-state index contributed by atoms with van der Waals surface area (Å²) in [5.41, 5.74) is -1.11. The predicted molar refractivity (Wildman–Crippen MR) is 37.8 cm³/mol. The van der Waals surface area contributed by atoms with Crippen molar-refractivity contribution in [3.8, 4) is 0 Å². The average Bonchev–Trinajstić information content (AvgIpc) is 2.45. The highest BCUT2D eigenvalue weighted by atomic mass is 19.4. The van der Waals surface area contributed by atoms with E-state index in [-0.39, 0.29) is 6.42 Å². The lowest BCUT2D eigenvalue weighted by Gasteiger charge is -2.02. The monoisotopic (exact) mass is 209 g/mol. The Hall–Kier alpha value is -1.53. The Balaban J connectivity index is 3.28. The third-order valence-corrected chi connectivity index (χ3v) is 1.60. The van der Waals surface area contributed by atoms with Gasteiger partial charge in [0, 0.05) is 5.56 Å². The second kappa shape index (κ2) is 3.32. The number of halogens is 3. The highest BCUT2D eigenvalue weighted by molar-refractivity contribution is 5.87. The first-order valence-corrected chi connectivity index (χ1v) is 3.67. The Morgan fingerprint density at radius 2 is 2.14 bits per heavy atom. The maximum absolute atomic E-state index is 12.2. The van der Waals surface area contributed by atoms with Crippen molar-refractivity contribution in [3.05, 3.63) is 17.0 Å². The first-order valence-electron chi connectivity index (χ1n) is 3.67. The van der Waals surface area contributed by atoms with Gasteiger partial charge in [-0.15, -0.1) is 0 Å². The van der Waals surface area contributed by atoms with E-state index in [1.54, 1.807) is 0 Å². The van der Waals surface area contributed by atoms with Crippen LogP contribution in [-0.2, 0) is 12.6 Å². The number of aromatic nitrogens is 1. The van der Waals surface area contributed by atoms with Gasteiger partial charge in [0.2, 0.25) is 5.76 Å². The van der Waals surface area contributed by atoms with Crippen LogP contribution in [0.2, 0.25) is 0 Å². The summed E-state index contributed by atoms with van der Waals surface area (Å²) < 4.78 is 40.5. The Kier molecular flexibility index (Phi) is 2.50. The second-order valence-electron chi connectivity index (χ2n) is 2.50. The van der Waals surface area contributed by atoms with E-state index in [0.717, 1.165) is 0 Å². The smallest absolute Gasteiger partial charge is 0.452 e. The standard InChI is InChI=1S/C7H6F3NO3/c1-2-3-4(6(12)13)11-14-5(3)7(8,9)10/h2H2,1H3,(H,12,13). The molecule has 0 fully saturated rings. The van der Waals surface area contributed by atoms with E-state index in [1.807, 2.05) is 0 Å². The average molecular weight is 209 g/mol. The van der Waals surface area contributed by atoms with Crippen molar-refractivity contribution >= 4 is 5.97 Å². The fourth-order valence-corrected chi connectivity index (χ4v) is 1.03. The Labute approximate surface area is 76.3 Å². The predicted octanol–water partition coefficient (Wildman–Crippen LogP) is 1.95. The number of alkyl halides is 3. The number of nitrogens with zero attached hydrogens (tertiary/aromatic N) is 1. The number of rotatable bonds is 2. The lowest BCUT2D eigenvalue weighted by atomic mass is 10.1. The Morgan fingerprint density at radius 3 is 2.50 bits per heavy atom. The van der Waals surface area contributed by atoms with E-state index < -0.39 is 29.2 Å². The van der Waals surface area contributed by atoms with Gasteiger partial charge < -0.3 is 9.63 Å². The summed E-state index contributed by atoms with van der Waals surface area (Å²) in [5.74, 6) is -2.86. The van der Waals surface area contributed by atoms with Crippen LogP contribution in [0.4, 0.5) is 13.2 Å². The molecule has 0 radical (unpaired) electrons. The fraction of sp³-hybridized carbons (Fsp3) is 0.429. The quantitative estimate of drug-likeness (QED) is 0.808. The summed E-state index contributed by atoms with van der Waals surface area (Å²) in [6.07, 6.45) is -4.80. The molecule has 78 valence electrons. The van der Waals surface area contributed by atoms with Gasteiger partial charge in [-0.2, -0.15) is 13.2 Å². The zero-order valence-corrected chi connectivity index (χ0v) is 7.05. The molecule has 0 unspecified atom stereocenters. The first-order chi connectivity index (χ1) is 6.38. The van der Waals surface area contributed by atoms with Gasteiger partial charge in [0.25, 0.3) is 0 Å². The van der Waals surface area contributed by atoms with Crippen LogP contribution in [0, 0.1) is 0 Å². The number of aromatic carboxylic acids is 1. The summed E-state index contributed by atoms with van der Waals surface area (Å²) in [4.78, 5) is 10.4. The van der Waals surface area contributed by atoms with Gasteiger partial charge >= 0.3 is 12.1 Å². The molecule has 1 aromatic heterocycles. The maximum atomic E-state index is 12.2. The first kappa shape index (κ1) is 10.6. The van der Waals surface area contributed by atoms with Gasteiger partial charge in [-0.3, -0.25) is 0 Å². The molecular formula is C7H6F3NO3. The van der Waals surface area contributed by atoms with Crippen LogP contribution in [0.25, 0.3) is 0 Å². The molecule has 0 aliphatic carbocycles. The minimum atomic E-state index is -4.70. The molecule has 0 amide bonds. The molecule has 0 saturated heterocycles. The van der Waals surface area contributed by atoms with E-state index in [9.17, 15) is 18.0 Å². The molecule has 0 atom stereocenters. The number of hydrogen-bond acceptors (Lipinski definition) is 3. The van der Waals surface area contributed by atoms with Crippen LogP contribution < -0.4 is 0 Å². The van der Waals surface area contributed by atoms with E-state index in [4.69, 9.17) is 5.11 Å². The number of carboxylic acid groups (broad SMARTS) is 1. The van der Waals surface area contributed by atoms with Crippen LogP contribution in [0.5, 0.6) is 0 Å². The van der Waals surface area contributed by atoms with Crippen LogP contribution in [0.15, 0.2) is 4.52 Å². The molecule has 0 aliphatic heterocycles. The second-order valence-corrected chi connectivity index (χ2v) is 2.50. The third kappa shape index (κ3) is 1.70. The van der Waals surface area contributed by atoms with Crippen molar-refractivity contribution in [1.29, 1.82) is 0 Å². The summed E-state index contributed by atoms with van der Waals surface area (Å²) in [7, 11) is 0. The minimum Gasteiger partial charge on any atom is -0.476 e. The van der Waals surface area contributed by atoms with Crippen molar-refractivity contribution in [1.82, 2.24) is 5.16 Å². The molecule has 1 rings (SSSR count). The largest absolute Gasteiger partial charge is 0.476 e. The van der Waals surface area contributed by atoms with Crippen LogP contribution in [0.1, 0.15) is 28.7 Å². The number of carboxylic acids is 1. The van der Waals surface area contributed by atoms with Gasteiger partial charge in [-0.1, -0.05) is 12.1 Å². The molecule has 1 heterocycles. The van der Waals surface area contributed by atoms with Gasteiger partial charge in [0.05, 0.1) is 0 Å². The molecule has 7 heteroatoms. The molecule has 0 aromatic carbocycles. The SMILES string of the molecule is CCc1c(C(=O)O)noc1C(F)(F)F. The van der Waals surface area contributed by atoms with Crippen molar-refractivity contribution in [2.45, 2.75) is 19.5 Å². The van der Waals surface area contributed by atoms with E-state index >= 15 is 0 Å². The lowest BCUT2D eigenvalue weighted by Crippen LogP contribution is -2.08. The van der Waals surface area contributed by atoms with Gasteiger partial charge in [0.1, 0.15) is 0 Å². The maximum Gasteiger partial charge on any atom is 0.452 e. The molecule has 1 N–H and O–H groups in total. The van der Waals surface area contributed by atoms with Crippen LogP contribution in [0.3, 0.4) is 0 Å². The van der Waals surface area contributed by atoms with Gasteiger partial charge in [-0.05, 0) is 6.42 Å². The normalized spacial score (nSPS) is 11.7. The Morgan fingerprint density at radius 1 is 1.57 bits per heavy atom. The fourth-order valence-electron chi connectivity index (χ4n) is 1.03. The summed E-state index contributed by atoms with van der Waals surface area (Å²) in [5, 5.41) is 11.3. The summed E-state index contributed by atoms with van der Waals surface area (Å²) in [6, 6.07) is 0. The number of carbonyl (C=O) groups is 1. The summed E-state index contributed by atoms with van der Waals surface area (Å²) in [6.45, 7) is 1.40. The van der Waals surface area contributed by atoms with E-state index in [2.05, 4.69) is 9.68 Å². The van der Waals surface area contributed by atoms with Crippen molar-refractivity contribution in [2.24, 2.45) is 0 Å². The zero-order chi connectivity index (χ0) is 10.9. The number of hydrogen-bond donors (Lipinski definition) is 1.